The van der Waals surface area contributed by atoms with Gasteiger partial charge in [-0.15, -0.1) is 0 Å². The maximum Gasteiger partial charge on any atom is 0.258 e. The van der Waals surface area contributed by atoms with Gasteiger partial charge in [0.25, 0.3) is 11.8 Å². The van der Waals surface area contributed by atoms with E-state index in [9.17, 15) is 9.59 Å². The van der Waals surface area contributed by atoms with Crippen molar-refractivity contribution >= 4 is 35.8 Å². The average molecular weight is 265 g/mol. The number of rotatable bonds is 3. The van der Waals surface area contributed by atoms with Crippen molar-refractivity contribution in [1.82, 2.24) is 10.9 Å². The summed E-state index contributed by atoms with van der Waals surface area (Å²) in [4.78, 5) is 22.6. The highest BCUT2D eigenvalue weighted by Gasteiger charge is 2.28. The van der Waals surface area contributed by atoms with E-state index in [-0.39, 0.29) is 0 Å². The molecule has 0 fully saturated rings. The second kappa shape index (κ2) is 5.42. The molecule has 1 heterocycles. The molecule has 18 heavy (non-hydrogen) atoms. The molecule has 1 aliphatic rings. The molecule has 92 valence electrons. The lowest BCUT2D eigenvalue weighted by Gasteiger charge is -2.01. The zero-order valence-corrected chi connectivity index (χ0v) is 9.89. The lowest BCUT2D eigenvalue weighted by molar-refractivity contribution is -0.131. The van der Waals surface area contributed by atoms with E-state index >= 15 is 0 Å². The van der Waals surface area contributed by atoms with Crippen LogP contribution in [0.15, 0.2) is 34.5 Å². The van der Waals surface area contributed by atoms with Crippen LogP contribution in [0.25, 0.3) is 0 Å². The fraction of sp³-hybridized carbons (Fsp3) is 0.0909. The SMILES string of the molecule is O=C1NN=CC1C(=O)N/N=C/c1cccc(Cl)c1. The third-order valence-corrected chi connectivity index (χ3v) is 2.44. The number of hydrogen-bond donors (Lipinski definition) is 2. The van der Waals surface area contributed by atoms with Gasteiger partial charge in [0.2, 0.25) is 0 Å². The van der Waals surface area contributed by atoms with E-state index in [2.05, 4.69) is 21.1 Å². The Hall–Kier alpha value is -2.21. The number of benzene rings is 1. The molecule has 6 nitrogen and oxygen atoms in total. The summed E-state index contributed by atoms with van der Waals surface area (Å²) >= 11 is 5.79. The van der Waals surface area contributed by atoms with Crippen molar-refractivity contribution in [2.24, 2.45) is 16.1 Å². The lowest BCUT2D eigenvalue weighted by Crippen LogP contribution is -2.34. The Morgan fingerprint density at radius 2 is 2.39 bits per heavy atom. The minimum atomic E-state index is -0.929. The molecule has 0 saturated carbocycles. The second-order valence-electron chi connectivity index (χ2n) is 3.52. The van der Waals surface area contributed by atoms with Crippen LogP contribution in [0, 0.1) is 5.92 Å². The van der Waals surface area contributed by atoms with Crippen molar-refractivity contribution in [1.29, 1.82) is 0 Å². The van der Waals surface area contributed by atoms with Crippen molar-refractivity contribution in [3.05, 3.63) is 34.9 Å². The maximum atomic E-state index is 11.5. The first-order chi connectivity index (χ1) is 8.66. The van der Waals surface area contributed by atoms with Crippen LogP contribution in [0.1, 0.15) is 5.56 Å². The van der Waals surface area contributed by atoms with Crippen LogP contribution in [-0.4, -0.2) is 24.2 Å². The summed E-state index contributed by atoms with van der Waals surface area (Å²) in [6.07, 6.45) is 2.67. The van der Waals surface area contributed by atoms with Crippen LogP contribution in [0.2, 0.25) is 5.02 Å². The number of halogens is 1. The number of carbonyl (C=O) groups is 2. The molecule has 1 aliphatic heterocycles. The van der Waals surface area contributed by atoms with E-state index in [1.165, 1.54) is 12.4 Å². The molecule has 0 spiro atoms. The molecule has 1 unspecified atom stereocenters. The molecule has 1 atom stereocenters. The van der Waals surface area contributed by atoms with Crippen molar-refractivity contribution in [2.45, 2.75) is 0 Å². The molecule has 2 N–H and O–H groups in total. The first-order valence-electron chi connectivity index (χ1n) is 5.08. The van der Waals surface area contributed by atoms with Crippen LogP contribution in [0.4, 0.5) is 0 Å². The summed E-state index contributed by atoms with van der Waals surface area (Å²) in [7, 11) is 0. The lowest BCUT2D eigenvalue weighted by atomic mass is 10.1. The highest BCUT2D eigenvalue weighted by atomic mass is 35.5. The predicted molar refractivity (Wildman–Crippen MR) is 67.3 cm³/mol. The molecule has 7 heteroatoms. The Morgan fingerprint density at radius 1 is 1.56 bits per heavy atom. The molecule has 2 amide bonds. The zero-order valence-electron chi connectivity index (χ0n) is 9.13. The highest BCUT2D eigenvalue weighted by Crippen LogP contribution is 2.08. The van der Waals surface area contributed by atoms with Gasteiger partial charge >= 0.3 is 0 Å². The molecule has 1 aromatic carbocycles. The Kier molecular flexibility index (Phi) is 3.69. The summed E-state index contributed by atoms with van der Waals surface area (Å²) in [5.74, 6) is -1.93. The average Bonchev–Trinajstić information content (AvgIpc) is 2.75. The van der Waals surface area contributed by atoms with Gasteiger partial charge in [-0.2, -0.15) is 10.2 Å². The molecule has 1 aromatic rings. The number of nitrogens with one attached hydrogen (secondary N) is 2. The molecule has 0 saturated heterocycles. The van der Waals surface area contributed by atoms with Gasteiger partial charge in [-0.3, -0.25) is 9.59 Å². The van der Waals surface area contributed by atoms with E-state index in [0.717, 1.165) is 5.56 Å². The summed E-state index contributed by atoms with van der Waals surface area (Å²) in [5, 5.41) is 7.80. The number of hydrogen-bond acceptors (Lipinski definition) is 4. The molecule has 0 bridgehead atoms. The summed E-state index contributed by atoms with van der Waals surface area (Å²) in [6, 6.07) is 6.98. The minimum absolute atomic E-state index is 0.467. The van der Waals surface area contributed by atoms with Gasteiger partial charge in [0.15, 0.2) is 5.92 Å². The molecular formula is C11H9ClN4O2. The molecule has 2 rings (SSSR count). The predicted octanol–water partition coefficient (Wildman–Crippen LogP) is 0.522. The minimum Gasteiger partial charge on any atom is -0.272 e. The summed E-state index contributed by atoms with van der Waals surface area (Å²) < 4.78 is 0. The van der Waals surface area contributed by atoms with Crippen molar-refractivity contribution in [3.63, 3.8) is 0 Å². The van der Waals surface area contributed by atoms with Crippen LogP contribution in [0.5, 0.6) is 0 Å². The van der Waals surface area contributed by atoms with Gasteiger partial charge < -0.3 is 0 Å². The number of amides is 2. The Labute approximate surface area is 108 Å². The third-order valence-electron chi connectivity index (χ3n) is 2.20. The van der Waals surface area contributed by atoms with Crippen LogP contribution in [0.3, 0.4) is 0 Å². The maximum absolute atomic E-state index is 11.5. The standard InChI is InChI=1S/C11H9ClN4O2/c12-8-3-1-2-7(4-8)5-13-15-10(17)9-6-14-16-11(9)18/h1-6,9H,(H,15,17)(H,16,18)/b13-5+. The van der Waals surface area contributed by atoms with Crippen LogP contribution < -0.4 is 10.9 Å². The van der Waals surface area contributed by atoms with Crippen molar-refractivity contribution in [3.8, 4) is 0 Å². The van der Waals surface area contributed by atoms with Gasteiger partial charge in [-0.05, 0) is 17.7 Å². The topological polar surface area (TPSA) is 82.9 Å². The second-order valence-corrected chi connectivity index (χ2v) is 3.96. The highest BCUT2D eigenvalue weighted by molar-refractivity contribution is 6.30. The van der Waals surface area contributed by atoms with Crippen molar-refractivity contribution in [2.75, 3.05) is 0 Å². The Bertz CT molecular complexity index is 542. The van der Waals surface area contributed by atoms with Gasteiger partial charge in [-0.1, -0.05) is 23.7 Å². The molecular weight excluding hydrogens is 256 g/mol. The van der Waals surface area contributed by atoms with Gasteiger partial charge in [-0.25, -0.2) is 10.9 Å². The quantitative estimate of drug-likeness (QED) is 0.474. The van der Waals surface area contributed by atoms with E-state index in [4.69, 9.17) is 11.6 Å². The largest absolute Gasteiger partial charge is 0.272 e. The summed E-state index contributed by atoms with van der Waals surface area (Å²) in [5.41, 5.74) is 5.17. The first-order valence-corrected chi connectivity index (χ1v) is 5.46. The van der Waals surface area contributed by atoms with Gasteiger partial charge in [0.05, 0.1) is 6.21 Å². The van der Waals surface area contributed by atoms with Crippen LogP contribution >= 0.6 is 11.6 Å². The fourth-order valence-corrected chi connectivity index (χ4v) is 1.53. The molecule has 0 aliphatic carbocycles. The normalized spacial score (nSPS) is 18.1. The van der Waals surface area contributed by atoms with Crippen LogP contribution in [-0.2, 0) is 9.59 Å². The molecule has 0 aromatic heterocycles. The fourth-order valence-electron chi connectivity index (χ4n) is 1.33. The summed E-state index contributed by atoms with van der Waals surface area (Å²) in [6.45, 7) is 0. The Balaban J connectivity index is 1.93. The zero-order chi connectivity index (χ0) is 13.0. The van der Waals surface area contributed by atoms with Gasteiger partial charge in [0.1, 0.15) is 0 Å². The van der Waals surface area contributed by atoms with E-state index in [0.29, 0.717) is 5.02 Å². The van der Waals surface area contributed by atoms with E-state index in [1.807, 2.05) is 0 Å². The monoisotopic (exact) mass is 264 g/mol. The van der Waals surface area contributed by atoms with Gasteiger partial charge in [0, 0.05) is 11.2 Å². The number of carbonyl (C=O) groups excluding carboxylic acids is 2. The van der Waals surface area contributed by atoms with Crippen molar-refractivity contribution < 1.29 is 9.59 Å². The molecule has 0 radical (unpaired) electrons. The Morgan fingerprint density at radius 3 is 3.06 bits per heavy atom. The van der Waals surface area contributed by atoms with E-state index in [1.54, 1.807) is 24.3 Å². The number of nitrogens with zero attached hydrogens (tertiary/aromatic N) is 2. The number of hydrazone groups is 2. The third kappa shape index (κ3) is 2.92. The smallest absolute Gasteiger partial charge is 0.258 e. The first kappa shape index (κ1) is 12.3. The van der Waals surface area contributed by atoms with E-state index < -0.39 is 17.7 Å².